The second kappa shape index (κ2) is 11.6. The van der Waals surface area contributed by atoms with Gasteiger partial charge in [-0.25, -0.2) is 9.78 Å². The number of quaternary nitrogens is 1. The number of fused-ring (bicyclic) bond motifs is 1. The molecular weight excluding hydrogens is 650 g/mol. The smallest absolute Gasteiger partial charge is 0.335 e. The number of hydrogen-bond acceptors (Lipinski definition) is 5. The van der Waals surface area contributed by atoms with Crippen LogP contribution >= 0.6 is 34.5 Å². The zero-order chi connectivity index (χ0) is 26.2. The van der Waals surface area contributed by atoms with E-state index in [4.69, 9.17) is 27.9 Å². The first-order valence-corrected chi connectivity index (χ1v) is 12.5. The summed E-state index contributed by atoms with van der Waals surface area (Å²) in [5.41, 5.74) is 2.16. The fraction of sp³-hybridized carbons (Fsp3) is 0.240. The molecule has 2 aromatic heterocycles. The number of nitrogens with zero attached hydrogens (tertiary/aromatic N) is 2. The fourth-order valence-electron chi connectivity index (χ4n) is 3.68. The Morgan fingerprint density at radius 1 is 1.16 bits per heavy atom. The largest absolute Gasteiger partial charge is 1.00 e. The lowest BCUT2D eigenvalue weighted by atomic mass is 10.1. The number of nitrogens with one attached hydrogen (secondary N) is 2. The molecule has 8 nitrogen and oxygen atoms in total. The molecule has 0 aliphatic heterocycles. The summed E-state index contributed by atoms with van der Waals surface area (Å²) in [7, 11) is 6.16. The van der Waals surface area contributed by atoms with Gasteiger partial charge >= 0.3 is 5.97 Å². The molecule has 0 aliphatic rings. The van der Waals surface area contributed by atoms with E-state index in [9.17, 15) is 14.7 Å². The van der Waals surface area contributed by atoms with Gasteiger partial charge in [0, 0.05) is 5.69 Å². The Morgan fingerprint density at radius 2 is 1.84 bits per heavy atom. The number of carboxylic acids is 1. The van der Waals surface area contributed by atoms with Crippen LogP contribution in [-0.2, 0) is 0 Å². The Hall–Kier alpha value is -2.38. The molecule has 3 N–H and O–H groups in total. The summed E-state index contributed by atoms with van der Waals surface area (Å²) >= 11 is 13.4. The van der Waals surface area contributed by atoms with Gasteiger partial charge in [-0.15, -0.1) is 0 Å². The number of thiazole rings is 1. The van der Waals surface area contributed by atoms with E-state index in [-0.39, 0.29) is 56.5 Å². The number of ether oxygens (including phenoxy) is 1. The van der Waals surface area contributed by atoms with Crippen LogP contribution in [-0.4, -0.2) is 59.1 Å². The highest BCUT2D eigenvalue weighted by molar-refractivity contribution is 7.22. The number of amides is 1. The molecule has 0 aliphatic carbocycles. The highest BCUT2D eigenvalue weighted by Crippen LogP contribution is 2.37. The summed E-state index contributed by atoms with van der Waals surface area (Å²) < 4.78 is 7.61. The molecule has 0 spiro atoms. The third-order valence-corrected chi connectivity index (χ3v) is 7.23. The molecule has 1 amide bonds. The van der Waals surface area contributed by atoms with Crippen LogP contribution in [0.25, 0.3) is 10.2 Å². The Kier molecular flexibility index (Phi) is 9.12. The van der Waals surface area contributed by atoms with Crippen LogP contribution < -0.4 is 34.0 Å². The van der Waals surface area contributed by atoms with Crippen molar-refractivity contribution in [3.63, 3.8) is 0 Å². The zero-order valence-corrected chi connectivity index (χ0v) is 24.9. The van der Waals surface area contributed by atoms with Crippen LogP contribution in [0.15, 0.2) is 42.5 Å². The van der Waals surface area contributed by atoms with Crippen molar-refractivity contribution in [2.45, 2.75) is 13.0 Å². The maximum absolute atomic E-state index is 12.8. The Labute approximate surface area is 245 Å². The minimum Gasteiger partial charge on any atom is -1.00 e. The number of benzene rings is 2. The lowest BCUT2D eigenvalue weighted by Crippen LogP contribution is -3.00. The number of aryl methyl sites for hydroxylation is 1. The van der Waals surface area contributed by atoms with Crippen molar-refractivity contribution in [1.29, 1.82) is 0 Å². The molecule has 0 radical (unpaired) electrons. The van der Waals surface area contributed by atoms with E-state index >= 15 is 0 Å². The van der Waals surface area contributed by atoms with E-state index in [0.717, 1.165) is 16.9 Å². The molecule has 37 heavy (non-hydrogen) atoms. The number of likely N-dealkylation sites (N-methyl/N-ethyl adjacent to an activating group) is 1. The van der Waals surface area contributed by atoms with Gasteiger partial charge in [0.25, 0.3) is 5.91 Å². The molecule has 12 heteroatoms. The molecule has 196 valence electrons. The number of carboxylic acid groups (broad SMARTS) is 1. The number of H-pyrrole nitrogens is 1. The molecule has 2 heterocycles. The number of carbonyl (C=O) groups is 2. The van der Waals surface area contributed by atoms with Crippen molar-refractivity contribution in [3.05, 3.63) is 75.0 Å². The molecule has 0 saturated carbocycles. The number of aromatic nitrogens is 2. The second-order valence-electron chi connectivity index (χ2n) is 9.34. The highest BCUT2D eigenvalue weighted by Gasteiger charge is 2.25. The number of anilines is 1. The molecule has 0 saturated heterocycles. The van der Waals surface area contributed by atoms with Gasteiger partial charge in [0.05, 0.1) is 41.5 Å². The van der Waals surface area contributed by atoms with Crippen molar-refractivity contribution < 1.29 is 47.9 Å². The maximum atomic E-state index is 12.8. The zero-order valence-electron chi connectivity index (χ0n) is 20.4. The van der Waals surface area contributed by atoms with E-state index < -0.39 is 11.9 Å². The minimum atomic E-state index is -1.09. The van der Waals surface area contributed by atoms with E-state index in [1.54, 1.807) is 6.92 Å². The number of rotatable bonds is 8. The van der Waals surface area contributed by atoms with Gasteiger partial charge in [-0.05, 0) is 24.6 Å². The Morgan fingerprint density at radius 3 is 2.41 bits per heavy atom. The van der Waals surface area contributed by atoms with Gasteiger partial charge in [-0.1, -0.05) is 64.9 Å². The molecule has 0 fully saturated rings. The first-order valence-electron chi connectivity index (χ1n) is 11.0. The number of hydrogen-bond donors (Lipinski definition) is 3. The van der Waals surface area contributed by atoms with Crippen LogP contribution in [0, 0.1) is 6.92 Å². The van der Waals surface area contributed by atoms with Crippen LogP contribution in [0.5, 0.6) is 5.75 Å². The summed E-state index contributed by atoms with van der Waals surface area (Å²) in [4.78, 5) is 32.1. The van der Waals surface area contributed by atoms with E-state index in [1.807, 2.05) is 30.3 Å². The lowest BCUT2D eigenvalue weighted by molar-refractivity contribution is -0.873. The Balaban J connectivity index is 0.00000380. The summed E-state index contributed by atoms with van der Waals surface area (Å²) in [6.45, 7) is 2.33. The van der Waals surface area contributed by atoms with Gasteiger partial charge in [0.15, 0.2) is 11.2 Å². The number of carbonyl (C=O) groups excluding carboxylic acids is 1. The first-order chi connectivity index (χ1) is 16.9. The van der Waals surface area contributed by atoms with Gasteiger partial charge in [0.2, 0.25) is 0 Å². The molecule has 1 unspecified atom stereocenters. The molecule has 4 aromatic rings. The standard InChI is InChI=1S/C25H24Cl2N4O4S.HI/c1-13-19(26)20(27)22(28-13)23(32)30-25-29-21-16(10-15(24(33)34)11-18(21)36-25)35-17(12-31(2,3)4)14-8-6-5-7-9-14;/h5-11,17H,12H2,1-4H3,(H2-,28,29,30,32,33,34);1H. The normalized spacial score (nSPS) is 12.2. The van der Waals surface area contributed by atoms with Crippen molar-refractivity contribution >= 4 is 61.8 Å². The average molecular weight is 675 g/mol. The van der Waals surface area contributed by atoms with Crippen molar-refractivity contribution in [1.82, 2.24) is 9.97 Å². The number of aromatic amines is 1. The van der Waals surface area contributed by atoms with Gasteiger partial charge in [0.1, 0.15) is 23.5 Å². The summed E-state index contributed by atoms with van der Waals surface area (Å²) in [5, 5.41) is 13.1. The summed E-state index contributed by atoms with van der Waals surface area (Å²) in [6.07, 6.45) is -0.360. The molecule has 2 aromatic carbocycles. The van der Waals surface area contributed by atoms with Crippen molar-refractivity contribution in [3.8, 4) is 5.75 Å². The predicted octanol–water partition coefficient (Wildman–Crippen LogP) is 3.02. The van der Waals surface area contributed by atoms with Crippen molar-refractivity contribution in [2.75, 3.05) is 33.0 Å². The van der Waals surface area contributed by atoms with E-state index in [2.05, 4.69) is 36.4 Å². The van der Waals surface area contributed by atoms with Crippen LogP contribution in [0.2, 0.25) is 10.0 Å². The topological polar surface area (TPSA) is 104 Å². The predicted molar refractivity (Wildman–Crippen MR) is 143 cm³/mol. The second-order valence-corrected chi connectivity index (χ2v) is 11.1. The fourth-order valence-corrected chi connectivity index (χ4v) is 5.02. The van der Waals surface area contributed by atoms with Crippen LogP contribution in [0.1, 0.15) is 38.2 Å². The molecule has 0 bridgehead atoms. The maximum Gasteiger partial charge on any atom is 0.335 e. The summed E-state index contributed by atoms with van der Waals surface area (Å²) in [6, 6.07) is 12.7. The quantitative estimate of drug-likeness (QED) is 0.197. The van der Waals surface area contributed by atoms with Gasteiger partial charge < -0.3 is 43.3 Å². The molecular formula is C25H25Cl2IN4O4S. The lowest BCUT2D eigenvalue weighted by Gasteiger charge is -2.30. The molecule has 4 rings (SSSR count). The minimum absolute atomic E-state index is 0. The molecule has 1 atom stereocenters. The first kappa shape index (κ1) is 29.2. The van der Waals surface area contributed by atoms with Gasteiger partial charge in [-0.3, -0.25) is 10.1 Å². The third kappa shape index (κ3) is 6.74. The Bertz CT molecular complexity index is 1450. The van der Waals surface area contributed by atoms with Crippen LogP contribution in [0.3, 0.4) is 0 Å². The van der Waals surface area contributed by atoms with Crippen LogP contribution in [0.4, 0.5) is 5.13 Å². The van der Waals surface area contributed by atoms with Crippen molar-refractivity contribution in [2.24, 2.45) is 0 Å². The highest BCUT2D eigenvalue weighted by atomic mass is 127. The van der Waals surface area contributed by atoms with E-state index in [1.165, 1.54) is 12.1 Å². The SMILES string of the molecule is Cc1[nH]c(C(=O)Nc2nc3c(OC(C[N+](C)(C)C)c4ccccc4)cc(C(=O)O)cc3s2)c(Cl)c1Cl.[I-]. The monoisotopic (exact) mass is 674 g/mol. The summed E-state index contributed by atoms with van der Waals surface area (Å²) in [5.74, 6) is -1.28. The number of halogens is 3. The third-order valence-electron chi connectivity index (χ3n) is 5.36. The van der Waals surface area contributed by atoms with E-state index in [0.29, 0.717) is 32.7 Å². The van der Waals surface area contributed by atoms with Gasteiger partial charge in [-0.2, -0.15) is 0 Å². The average Bonchev–Trinajstić information content (AvgIpc) is 3.33. The number of aromatic carboxylic acids is 1.